The van der Waals surface area contributed by atoms with E-state index in [4.69, 9.17) is 0 Å². The Bertz CT molecular complexity index is 512. The van der Waals surface area contributed by atoms with Gasteiger partial charge in [0.15, 0.2) is 0 Å². The lowest BCUT2D eigenvalue weighted by molar-refractivity contribution is 0.557. The quantitative estimate of drug-likeness (QED) is 0.208. The fourth-order valence-corrected chi connectivity index (χ4v) is 6.22. The SMILES string of the molecule is CCCCCC(CCCCC)(Sc1ccccc1)Sc1ccccc1. The van der Waals surface area contributed by atoms with Crippen molar-refractivity contribution >= 4 is 23.5 Å². The molecule has 0 N–H and O–H groups in total. The molecule has 0 radical (unpaired) electrons. The van der Waals surface area contributed by atoms with Gasteiger partial charge < -0.3 is 0 Å². The first kappa shape index (κ1) is 20.5. The minimum absolute atomic E-state index is 0.243. The van der Waals surface area contributed by atoms with Crippen molar-refractivity contribution in [1.82, 2.24) is 0 Å². The van der Waals surface area contributed by atoms with Crippen LogP contribution in [0.25, 0.3) is 0 Å². The van der Waals surface area contributed by atoms with Gasteiger partial charge in [-0.05, 0) is 37.1 Å². The van der Waals surface area contributed by atoms with Gasteiger partial charge >= 0.3 is 0 Å². The van der Waals surface area contributed by atoms with Gasteiger partial charge in [-0.15, -0.1) is 23.5 Å². The van der Waals surface area contributed by atoms with Gasteiger partial charge in [0.05, 0.1) is 4.08 Å². The average Bonchev–Trinajstić information content (AvgIpc) is 2.64. The summed E-state index contributed by atoms with van der Waals surface area (Å²) in [5.41, 5.74) is 0. The van der Waals surface area contributed by atoms with Gasteiger partial charge in [0.2, 0.25) is 0 Å². The molecule has 0 heterocycles. The summed E-state index contributed by atoms with van der Waals surface area (Å²) in [6.45, 7) is 4.60. The summed E-state index contributed by atoms with van der Waals surface area (Å²) in [5.74, 6) is 0. The highest BCUT2D eigenvalue weighted by atomic mass is 32.2. The van der Waals surface area contributed by atoms with Crippen molar-refractivity contribution in [2.45, 2.75) is 79.1 Å². The summed E-state index contributed by atoms with van der Waals surface area (Å²) in [6, 6.07) is 22.0. The van der Waals surface area contributed by atoms with Crippen LogP contribution < -0.4 is 0 Å². The van der Waals surface area contributed by atoms with Crippen LogP contribution in [0.4, 0.5) is 0 Å². The van der Waals surface area contributed by atoms with Crippen molar-refractivity contribution in [3.63, 3.8) is 0 Å². The molecule has 0 amide bonds. The molecule has 2 heteroatoms. The molecule has 2 rings (SSSR count). The number of rotatable bonds is 12. The van der Waals surface area contributed by atoms with E-state index in [-0.39, 0.29) is 4.08 Å². The number of thioether (sulfide) groups is 2. The highest BCUT2D eigenvalue weighted by molar-refractivity contribution is 8.18. The van der Waals surface area contributed by atoms with Crippen LogP contribution >= 0.6 is 23.5 Å². The highest BCUT2D eigenvalue weighted by Gasteiger charge is 2.31. The molecule has 2 aromatic rings. The monoisotopic (exact) mass is 372 g/mol. The lowest BCUT2D eigenvalue weighted by Gasteiger charge is -2.33. The van der Waals surface area contributed by atoms with Crippen LogP contribution in [0.2, 0.25) is 0 Å². The van der Waals surface area contributed by atoms with Crippen LogP contribution in [-0.2, 0) is 0 Å². The van der Waals surface area contributed by atoms with E-state index in [1.165, 1.54) is 61.2 Å². The fourth-order valence-electron chi connectivity index (χ4n) is 3.05. The number of unbranched alkanes of at least 4 members (excludes halogenated alkanes) is 4. The van der Waals surface area contributed by atoms with Crippen molar-refractivity contribution in [2.75, 3.05) is 0 Å². The normalized spacial score (nSPS) is 11.6. The maximum absolute atomic E-state index is 2.30. The Labute approximate surface area is 163 Å². The minimum atomic E-state index is 0.243. The molecule has 0 saturated heterocycles. The summed E-state index contributed by atoms with van der Waals surface area (Å²) in [4.78, 5) is 2.80. The topological polar surface area (TPSA) is 0 Å². The Hall–Kier alpha value is -0.860. The Morgan fingerprint density at radius 3 is 1.36 bits per heavy atom. The first-order valence-electron chi connectivity index (χ1n) is 9.76. The standard InChI is InChI=1S/C23H32S2/c1-3-5-13-19-23(20-14-6-4-2,24-21-15-9-7-10-16-21)25-22-17-11-8-12-18-22/h7-12,15-18H,3-6,13-14,19-20H2,1-2H3. The summed E-state index contributed by atoms with van der Waals surface area (Å²) in [5, 5.41) is 0. The second-order valence-corrected chi connectivity index (χ2v) is 9.83. The Balaban J connectivity index is 2.22. The summed E-state index contributed by atoms with van der Waals surface area (Å²) in [6.07, 6.45) is 10.5. The van der Waals surface area contributed by atoms with Crippen molar-refractivity contribution in [3.05, 3.63) is 60.7 Å². The molecule has 0 aromatic heterocycles. The first-order valence-corrected chi connectivity index (χ1v) is 11.4. The van der Waals surface area contributed by atoms with Crippen molar-refractivity contribution in [3.8, 4) is 0 Å². The van der Waals surface area contributed by atoms with E-state index in [1.807, 2.05) is 0 Å². The lowest BCUT2D eigenvalue weighted by atomic mass is 10.1. The van der Waals surface area contributed by atoms with Crippen LogP contribution in [0.1, 0.15) is 65.2 Å². The van der Waals surface area contributed by atoms with E-state index in [2.05, 4.69) is 98.0 Å². The lowest BCUT2D eigenvalue weighted by Crippen LogP contribution is -2.20. The van der Waals surface area contributed by atoms with Gasteiger partial charge in [-0.3, -0.25) is 0 Å². The summed E-state index contributed by atoms with van der Waals surface area (Å²) in [7, 11) is 0. The molecule has 2 aromatic carbocycles. The second kappa shape index (κ2) is 11.7. The third kappa shape index (κ3) is 7.50. The molecule has 0 saturated carbocycles. The zero-order valence-electron chi connectivity index (χ0n) is 15.7. The number of hydrogen-bond acceptors (Lipinski definition) is 2. The average molecular weight is 373 g/mol. The van der Waals surface area contributed by atoms with Gasteiger partial charge in [0.1, 0.15) is 0 Å². The highest BCUT2D eigenvalue weighted by Crippen LogP contribution is 2.51. The molecule has 0 atom stereocenters. The van der Waals surface area contributed by atoms with Crippen LogP contribution in [0.3, 0.4) is 0 Å². The van der Waals surface area contributed by atoms with Gasteiger partial charge in [0.25, 0.3) is 0 Å². The fraction of sp³-hybridized carbons (Fsp3) is 0.478. The van der Waals surface area contributed by atoms with Crippen molar-refractivity contribution in [1.29, 1.82) is 0 Å². The predicted molar refractivity (Wildman–Crippen MR) is 116 cm³/mol. The summed E-state index contributed by atoms with van der Waals surface area (Å²) >= 11 is 4.19. The van der Waals surface area contributed by atoms with E-state index >= 15 is 0 Å². The van der Waals surface area contributed by atoms with Crippen molar-refractivity contribution < 1.29 is 0 Å². The van der Waals surface area contributed by atoms with Gasteiger partial charge in [-0.25, -0.2) is 0 Å². The Morgan fingerprint density at radius 1 is 0.600 bits per heavy atom. The van der Waals surface area contributed by atoms with E-state index in [1.54, 1.807) is 0 Å². The van der Waals surface area contributed by atoms with Crippen LogP contribution in [-0.4, -0.2) is 4.08 Å². The third-order valence-corrected chi connectivity index (χ3v) is 7.49. The Morgan fingerprint density at radius 2 is 1.00 bits per heavy atom. The van der Waals surface area contributed by atoms with Gasteiger partial charge in [0, 0.05) is 9.79 Å². The largest absolute Gasteiger partial charge is 0.108 e. The van der Waals surface area contributed by atoms with Gasteiger partial charge in [-0.1, -0.05) is 88.8 Å². The third-order valence-electron chi connectivity index (χ3n) is 4.42. The smallest absolute Gasteiger partial charge is 0.0705 e. The maximum atomic E-state index is 2.30. The predicted octanol–water partition coefficient (Wildman–Crippen LogP) is 8.43. The maximum Gasteiger partial charge on any atom is 0.0705 e. The van der Waals surface area contributed by atoms with Gasteiger partial charge in [-0.2, -0.15) is 0 Å². The van der Waals surface area contributed by atoms with E-state index < -0.39 is 0 Å². The van der Waals surface area contributed by atoms with Crippen molar-refractivity contribution in [2.24, 2.45) is 0 Å². The first-order chi connectivity index (χ1) is 12.3. The molecule has 0 aliphatic carbocycles. The van der Waals surface area contributed by atoms with E-state index in [9.17, 15) is 0 Å². The molecule has 25 heavy (non-hydrogen) atoms. The zero-order valence-corrected chi connectivity index (χ0v) is 17.4. The Kier molecular flexibility index (Phi) is 9.57. The second-order valence-electron chi connectivity index (χ2n) is 6.66. The molecule has 0 aliphatic rings. The molecular weight excluding hydrogens is 340 g/mol. The minimum Gasteiger partial charge on any atom is -0.108 e. The van der Waals surface area contributed by atoms with Crippen LogP contribution in [0, 0.1) is 0 Å². The molecule has 0 bridgehead atoms. The molecular formula is C23H32S2. The number of benzene rings is 2. The summed E-state index contributed by atoms with van der Waals surface area (Å²) < 4.78 is 0.243. The molecule has 0 aliphatic heterocycles. The van der Waals surface area contributed by atoms with Crippen LogP contribution in [0.15, 0.2) is 70.5 Å². The van der Waals surface area contributed by atoms with Crippen LogP contribution in [0.5, 0.6) is 0 Å². The molecule has 0 nitrogen and oxygen atoms in total. The number of hydrogen-bond donors (Lipinski definition) is 0. The molecule has 0 spiro atoms. The molecule has 136 valence electrons. The zero-order chi connectivity index (χ0) is 17.8. The van der Waals surface area contributed by atoms with E-state index in [0.717, 1.165) is 0 Å². The molecule has 0 unspecified atom stereocenters. The van der Waals surface area contributed by atoms with E-state index in [0.29, 0.717) is 0 Å². The molecule has 0 fully saturated rings.